The molecule has 6 nitrogen and oxygen atoms in total. The normalized spacial score (nSPS) is 11.3. The Labute approximate surface area is 119 Å². The van der Waals surface area contributed by atoms with E-state index in [2.05, 4.69) is 4.72 Å². The van der Waals surface area contributed by atoms with Gasteiger partial charge in [-0.2, -0.15) is 0 Å². The highest BCUT2D eigenvalue weighted by Crippen LogP contribution is 2.30. The van der Waals surface area contributed by atoms with E-state index in [0.717, 1.165) is 19.1 Å². The Morgan fingerprint density at radius 3 is 1.90 bits per heavy atom. The summed E-state index contributed by atoms with van der Waals surface area (Å²) in [7, 11) is -3.41. The molecule has 0 atom stereocenters. The second-order valence-corrected chi connectivity index (χ2v) is 6.52. The predicted octanol–water partition coefficient (Wildman–Crippen LogP) is 2.87. The molecule has 20 heavy (non-hydrogen) atoms. The summed E-state index contributed by atoms with van der Waals surface area (Å²) >= 11 is 0. The third kappa shape index (κ3) is 4.48. The molecule has 0 unspecified atom stereocenters. The summed E-state index contributed by atoms with van der Waals surface area (Å²) in [5.74, 6) is 0. The number of nitrogens with zero attached hydrogens (tertiary/aromatic N) is 1. The van der Waals surface area contributed by atoms with Crippen LogP contribution in [0.1, 0.15) is 37.8 Å². The van der Waals surface area contributed by atoms with Crippen molar-refractivity contribution in [2.45, 2.75) is 39.5 Å². The molecule has 0 heterocycles. The maximum Gasteiger partial charge on any atom is 0.270 e. The molecule has 0 amide bonds. The van der Waals surface area contributed by atoms with Gasteiger partial charge in [-0.3, -0.25) is 14.8 Å². The number of hydrogen-bond donors (Lipinski definition) is 1. The quantitative estimate of drug-likeness (QED) is 0.619. The summed E-state index contributed by atoms with van der Waals surface area (Å²) < 4.78 is 25.5. The highest BCUT2D eigenvalue weighted by Gasteiger charge is 2.18. The predicted molar refractivity (Wildman–Crippen MR) is 79.6 cm³/mol. The number of rotatable bonds is 7. The van der Waals surface area contributed by atoms with Crippen molar-refractivity contribution in [1.29, 1.82) is 0 Å². The molecule has 1 rings (SSSR count). The first-order chi connectivity index (χ1) is 9.28. The van der Waals surface area contributed by atoms with Crippen molar-refractivity contribution in [1.82, 2.24) is 0 Å². The minimum Gasteiger partial charge on any atom is -0.283 e. The van der Waals surface area contributed by atoms with Crippen LogP contribution in [0.4, 0.5) is 11.4 Å². The molecule has 0 aliphatic heterocycles. The molecule has 7 heteroatoms. The Kier molecular flexibility index (Phi) is 5.50. The number of sulfonamides is 1. The van der Waals surface area contributed by atoms with E-state index >= 15 is 0 Å². The zero-order valence-electron chi connectivity index (χ0n) is 12.0. The van der Waals surface area contributed by atoms with Crippen LogP contribution in [0.5, 0.6) is 0 Å². The van der Waals surface area contributed by atoms with E-state index in [9.17, 15) is 18.5 Å². The van der Waals surface area contributed by atoms with Crippen molar-refractivity contribution in [2.75, 3.05) is 11.0 Å². The minimum absolute atomic E-state index is 0.0101. The lowest BCUT2D eigenvalue weighted by Gasteiger charge is -2.15. The molecular formula is C13H20N2O4S. The standard InChI is InChI=1S/C13H20N2O4S/c1-4-6-10-8-12(15(16)17)9-11(7-5-2)13(10)14-20(3,18)19/h8-9,14H,4-7H2,1-3H3. The van der Waals surface area contributed by atoms with Gasteiger partial charge in [0.2, 0.25) is 10.0 Å². The molecule has 0 bridgehead atoms. The first kappa shape index (κ1) is 16.4. The summed E-state index contributed by atoms with van der Waals surface area (Å²) in [5.41, 5.74) is 1.86. The van der Waals surface area contributed by atoms with Crippen molar-refractivity contribution < 1.29 is 13.3 Å². The largest absolute Gasteiger partial charge is 0.283 e. The van der Waals surface area contributed by atoms with Gasteiger partial charge >= 0.3 is 0 Å². The van der Waals surface area contributed by atoms with Gasteiger partial charge in [0.1, 0.15) is 0 Å². The number of hydrogen-bond acceptors (Lipinski definition) is 4. The Bertz CT molecular complexity index is 569. The molecule has 112 valence electrons. The Balaban J connectivity index is 3.45. The molecule has 0 saturated heterocycles. The lowest BCUT2D eigenvalue weighted by atomic mass is 9.99. The van der Waals surface area contributed by atoms with Crippen molar-refractivity contribution in [2.24, 2.45) is 0 Å². The summed E-state index contributed by atoms with van der Waals surface area (Å²) in [4.78, 5) is 10.5. The smallest absolute Gasteiger partial charge is 0.270 e. The Morgan fingerprint density at radius 2 is 1.60 bits per heavy atom. The molecule has 0 radical (unpaired) electrons. The fourth-order valence-corrected chi connectivity index (χ4v) is 2.74. The lowest BCUT2D eigenvalue weighted by molar-refractivity contribution is -0.385. The van der Waals surface area contributed by atoms with Gasteiger partial charge < -0.3 is 0 Å². The van der Waals surface area contributed by atoms with E-state index in [1.54, 1.807) is 0 Å². The number of nitro groups is 1. The number of non-ortho nitro benzene ring substituents is 1. The van der Waals surface area contributed by atoms with E-state index in [1.807, 2.05) is 13.8 Å². The number of aryl methyl sites for hydroxylation is 2. The summed E-state index contributed by atoms with van der Waals surface area (Å²) in [6.45, 7) is 3.89. The average molecular weight is 300 g/mol. The van der Waals surface area contributed by atoms with Crippen LogP contribution in [-0.4, -0.2) is 19.6 Å². The third-order valence-corrected chi connectivity index (χ3v) is 3.40. The molecule has 0 fully saturated rings. The highest BCUT2D eigenvalue weighted by atomic mass is 32.2. The van der Waals surface area contributed by atoms with Crippen molar-refractivity contribution >= 4 is 21.4 Å². The highest BCUT2D eigenvalue weighted by molar-refractivity contribution is 7.92. The van der Waals surface area contributed by atoms with Gasteiger partial charge in [0.05, 0.1) is 16.9 Å². The molecule has 0 aliphatic rings. The van der Waals surface area contributed by atoms with E-state index in [0.29, 0.717) is 29.7 Å². The lowest BCUT2D eigenvalue weighted by Crippen LogP contribution is -2.14. The van der Waals surface area contributed by atoms with Crippen LogP contribution in [-0.2, 0) is 22.9 Å². The molecule has 0 spiro atoms. The van der Waals surface area contributed by atoms with E-state index in [4.69, 9.17) is 0 Å². The number of benzene rings is 1. The van der Waals surface area contributed by atoms with Gasteiger partial charge in [0.15, 0.2) is 0 Å². The third-order valence-electron chi connectivity index (χ3n) is 2.82. The number of nitrogens with one attached hydrogen (secondary N) is 1. The topological polar surface area (TPSA) is 89.3 Å². The first-order valence-electron chi connectivity index (χ1n) is 6.56. The zero-order valence-corrected chi connectivity index (χ0v) is 12.8. The second kappa shape index (κ2) is 6.69. The van der Waals surface area contributed by atoms with Crippen LogP contribution in [0.2, 0.25) is 0 Å². The molecule has 0 aromatic heterocycles. The van der Waals surface area contributed by atoms with Crippen LogP contribution in [0.3, 0.4) is 0 Å². The van der Waals surface area contributed by atoms with Crippen LogP contribution < -0.4 is 4.72 Å². The van der Waals surface area contributed by atoms with Crippen LogP contribution in [0.25, 0.3) is 0 Å². The van der Waals surface area contributed by atoms with Gasteiger partial charge in [0.25, 0.3) is 5.69 Å². The summed E-state index contributed by atoms with van der Waals surface area (Å²) in [6, 6.07) is 2.91. The van der Waals surface area contributed by atoms with E-state index < -0.39 is 14.9 Å². The summed E-state index contributed by atoms with van der Waals surface area (Å²) in [6.07, 6.45) is 3.84. The number of nitro benzene ring substituents is 1. The average Bonchev–Trinajstić information content (AvgIpc) is 2.31. The molecule has 1 aromatic rings. The van der Waals surface area contributed by atoms with Crippen LogP contribution in [0, 0.1) is 10.1 Å². The molecule has 0 saturated carbocycles. The Hall–Kier alpha value is -1.63. The minimum atomic E-state index is -3.41. The van der Waals surface area contributed by atoms with Crippen molar-refractivity contribution in [3.8, 4) is 0 Å². The fraction of sp³-hybridized carbons (Fsp3) is 0.538. The van der Waals surface area contributed by atoms with E-state index in [-0.39, 0.29) is 5.69 Å². The zero-order chi connectivity index (χ0) is 15.3. The fourth-order valence-electron chi connectivity index (χ4n) is 2.10. The maximum atomic E-state index is 11.5. The molecule has 1 aromatic carbocycles. The van der Waals surface area contributed by atoms with Gasteiger partial charge in [-0.1, -0.05) is 26.7 Å². The van der Waals surface area contributed by atoms with Gasteiger partial charge in [-0.25, -0.2) is 8.42 Å². The molecule has 1 N–H and O–H groups in total. The summed E-state index contributed by atoms with van der Waals surface area (Å²) in [5, 5.41) is 11.0. The SMILES string of the molecule is CCCc1cc([N+](=O)[O-])cc(CCC)c1NS(C)(=O)=O. The van der Waals surface area contributed by atoms with Gasteiger partial charge in [-0.05, 0) is 24.0 Å². The molecular weight excluding hydrogens is 280 g/mol. The van der Waals surface area contributed by atoms with Crippen molar-refractivity contribution in [3.63, 3.8) is 0 Å². The monoisotopic (exact) mass is 300 g/mol. The second-order valence-electron chi connectivity index (χ2n) is 4.77. The Morgan fingerprint density at radius 1 is 1.15 bits per heavy atom. The van der Waals surface area contributed by atoms with Gasteiger partial charge in [0, 0.05) is 12.1 Å². The van der Waals surface area contributed by atoms with E-state index in [1.165, 1.54) is 12.1 Å². The van der Waals surface area contributed by atoms with Gasteiger partial charge in [-0.15, -0.1) is 0 Å². The molecule has 0 aliphatic carbocycles. The van der Waals surface area contributed by atoms with Crippen LogP contribution in [0.15, 0.2) is 12.1 Å². The van der Waals surface area contributed by atoms with Crippen molar-refractivity contribution in [3.05, 3.63) is 33.4 Å². The number of anilines is 1. The first-order valence-corrected chi connectivity index (χ1v) is 8.45. The maximum absolute atomic E-state index is 11.5. The van der Waals surface area contributed by atoms with Crippen LogP contribution >= 0.6 is 0 Å².